The van der Waals surface area contributed by atoms with Gasteiger partial charge >= 0.3 is 29.8 Å². The van der Waals surface area contributed by atoms with Crippen LogP contribution in [0.15, 0.2) is 149 Å². The first-order valence-electron chi connectivity index (χ1n) is 45.4. The van der Waals surface area contributed by atoms with Crippen LogP contribution in [0.2, 0.25) is 36.3 Å². The summed E-state index contributed by atoms with van der Waals surface area (Å²) in [4.78, 5) is 61.9. The molecule has 5 aliphatic rings. The average Bonchev–Trinajstić information content (AvgIpc) is 1.64. The number of hydrogen-bond acceptors (Lipinski definition) is 25. The lowest BCUT2D eigenvalue weighted by atomic mass is 9.89. The summed E-state index contributed by atoms with van der Waals surface area (Å²) in [6.45, 7) is 57.8. The van der Waals surface area contributed by atoms with Crippen molar-refractivity contribution in [3.8, 4) is 11.5 Å². The highest BCUT2D eigenvalue weighted by Gasteiger charge is 2.50. The molecule has 0 saturated carbocycles. The number of rotatable bonds is 24. The number of aliphatic hydroxyl groups is 5. The number of carbonyl (C=O) groups is 5. The van der Waals surface area contributed by atoms with E-state index in [0.717, 1.165) is 44.9 Å². The zero-order chi connectivity index (χ0) is 101. The highest BCUT2D eigenvalue weighted by atomic mass is 127. The molecule has 5 heterocycles. The van der Waals surface area contributed by atoms with E-state index in [1.165, 1.54) is 19.9 Å². The predicted molar refractivity (Wildman–Crippen MR) is 558 cm³/mol. The molecular formula is C101H158I4O25Si2. The fourth-order valence-corrected chi connectivity index (χ4v) is 18.4. The van der Waals surface area contributed by atoms with Crippen LogP contribution in [-0.4, -0.2) is 202 Å². The molecule has 748 valence electrons. The van der Waals surface area contributed by atoms with E-state index in [9.17, 15) is 49.5 Å². The van der Waals surface area contributed by atoms with E-state index in [4.69, 9.17) is 70.4 Å². The van der Waals surface area contributed by atoms with Crippen LogP contribution in [0.5, 0.6) is 11.5 Å². The molecule has 7 rings (SSSR count). The summed E-state index contributed by atoms with van der Waals surface area (Å²) in [6, 6.07) is 15.5. The van der Waals surface area contributed by atoms with Crippen molar-refractivity contribution in [1.29, 1.82) is 0 Å². The molecule has 2 saturated heterocycles. The van der Waals surface area contributed by atoms with E-state index in [1.807, 2.05) is 140 Å². The third-order valence-corrected chi connectivity index (χ3v) is 38.6. The van der Waals surface area contributed by atoms with E-state index >= 15 is 0 Å². The van der Waals surface area contributed by atoms with Gasteiger partial charge in [0.05, 0.1) is 81.1 Å². The van der Waals surface area contributed by atoms with E-state index in [0.29, 0.717) is 25.7 Å². The molecular weight excluding hydrogens is 2180 g/mol. The molecule has 5 N–H and O–H groups in total. The van der Waals surface area contributed by atoms with Gasteiger partial charge in [-0.2, -0.15) is 0 Å². The van der Waals surface area contributed by atoms with E-state index < -0.39 is 112 Å². The number of ether oxygens (including phenoxy) is 13. The minimum atomic E-state index is -2.17. The van der Waals surface area contributed by atoms with Gasteiger partial charge in [0.25, 0.3) is 0 Å². The van der Waals surface area contributed by atoms with Crippen molar-refractivity contribution in [2.75, 3.05) is 28.4 Å². The Balaban J connectivity index is 0.000000453. The number of cyclic esters (lactones) is 3. The van der Waals surface area contributed by atoms with Gasteiger partial charge in [0.2, 0.25) is 0 Å². The first kappa shape index (κ1) is 122. The van der Waals surface area contributed by atoms with Gasteiger partial charge < -0.3 is 96.0 Å². The van der Waals surface area contributed by atoms with Crippen LogP contribution in [0.4, 0.5) is 0 Å². The topological polar surface area (TPSA) is 325 Å². The third kappa shape index (κ3) is 39.5. The van der Waals surface area contributed by atoms with Crippen LogP contribution in [0.25, 0.3) is 0 Å². The van der Waals surface area contributed by atoms with Crippen LogP contribution in [0.1, 0.15) is 246 Å². The van der Waals surface area contributed by atoms with Crippen molar-refractivity contribution >= 4 is 137 Å². The maximum Gasteiger partial charge on any atom is 0.309 e. The minimum absolute atomic E-state index is 0.000844. The monoisotopic (exact) mass is 2330 g/mol. The summed E-state index contributed by atoms with van der Waals surface area (Å²) in [7, 11) is 2.23. The average molecular weight is 2340 g/mol. The van der Waals surface area contributed by atoms with Crippen LogP contribution < -0.4 is 9.47 Å². The highest BCUT2D eigenvalue weighted by molar-refractivity contribution is 14.1. The Morgan fingerprint density at radius 2 is 1.01 bits per heavy atom. The van der Waals surface area contributed by atoms with Gasteiger partial charge in [-0.25, -0.2) is 0 Å². The third-order valence-electron chi connectivity index (χ3n) is 25.6. The van der Waals surface area contributed by atoms with Crippen molar-refractivity contribution in [2.24, 2.45) is 23.7 Å². The Morgan fingerprint density at radius 1 is 0.576 bits per heavy atom. The molecule has 0 amide bonds. The molecule has 2 fully saturated rings. The summed E-state index contributed by atoms with van der Waals surface area (Å²) in [6.07, 6.45) is 10.4. The van der Waals surface area contributed by atoms with Gasteiger partial charge in [0.15, 0.2) is 35.0 Å². The molecule has 5 aliphatic heterocycles. The number of carbonyl (C=O) groups excluding carboxylic acids is 5. The van der Waals surface area contributed by atoms with Crippen LogP contribution >= 0.6 is 90.4 Å². The lowest BCUT2D eigenvalue weighted by molar-refractivity contribution is -0.179. The van der Waals surface area contributed by atoms with Crippen LogP contribution in [0.3, 0.4) is 0 Å². The second-order valence-electron chi connectivity index (χ2n) is 39.6. The summed E-state index contributed by atoms with van der Waals surface area (Å²) >= 11 is 8.55. The molecule has 132 heavy (non-hydrogen) atoms. The summed E-state index contributed by atoms with van der Waals surface area (Å²) in [5, 5.41) is 51.1. The molecule has 22 atom stereocenters. The number of hydrogen-bond donors (Lipinski definition) is 5. The summed E-state index contributed by atoms with van der Waals surface area (Å²) in [5.74, 6) is -1.17. The fourth-order valence-electron chi connectivity index (χ4n) is 14.2. The number of fused-ring (bicyclic) bond motifs is 1. The van der Waals surface area contributed by atoms with Crippen molar-refractivity contribution in [1.82, 2.24) is 0 Å². The van der Waals surface area contributed by atoms with Crippen LogP contribution in [-0.2, 0) is 84.9 Å². The number of aliphatic hydroxyl groups excluding tert-OH is 3. The Hall–Kier alpha value is -4.12. The largest absolute Gasteiger partial charge is 0.497 e. The van der Waals surface area contributed by atoms with Gasteiger partial charge in [-0.3, -0.25) is 24.0 Å². The quantitative estimate of drug-likeness (QED) is 0.0163. The Morgan fingerprint density at radius 3 is 1.41 bits per heavy atom. The molecule has 2 unspecified atom stereocenters. The SMILES string of the molecule is C/C(=C\I)[C@@H]1OC(=O)C[C@H](O)CC[C@@](C)(O)[C@@H](O)/C=C/[C@H]1C.C=C[C@@H](C)[C@@H](OC(=O)C[C@@H](CC[C@@]1(C)OC(c2ccc(OC)cc2)O[C@H]1C=C)O[Si](C)(C)C(C)(C)C)/C(C)=C/I.CC(=O)O[C@H]1/C=C/[C@@H](C)[C@H](/C(C)=C/I)OC(=O)C[C@H](O)CC[C@@]1(C)O.COC(C)(C)OC.COc1ccc(C2O[C@H]3/C=C/[C@@H](C)[C@H](/C(C)=C/I)OC(=O)C[C@H](O[Si](C)(C)C(C)(C)C)CC[C@@]3(C)O2)cc1. The molecule has 2 aromatic rings. The molecule has 0 aromatic heterocycles. The van der Waals surface area contributed by atoms with Gasteiger partial charge in [-0.15, -0.1) is 13.2 Å². The van der Waals surface area contributed by atoms with Gasteiger partial charge in [-0.1, -0.05) is 226 Å². The highest BCUT2D eigenvalue weighted by Crippen LogP contribution is 2.47. The lowest BCUT2D eigenvalue weighted by Crippen LogP contribution is -2.45. The lowest BCUT2D eigenvalue weighted by Gasteiger charge is -2.40. The zero-order valence-electron chi connectivity index (χ0n) is 83.8. The van der Waals surface area contributed by atoms with Crippen molar-refractivity contribution in [2.45, 2.75) is 373 Å². The first-order valence-corrected chi connectivity index (χ1v) is 56.2. The van der Waals surface area contributed by atoms with Gasteiger partial charge in [0, 0.05) is 55.9 Å². The minimum Gasteiger partial charge on any atom is -0.497 e. The zero-order valence-corrected chi connectivity index (χ0v) is 94.4. The predicted octanol–water partition coefficient (Wildman–Crippen LogP) is 22.3. The summed E-state index contributed by atoms with van der Waals surface area (Å²) < 4.78 is 95.8. The van der Waals surface area contributed by atoms with E-state index in [2.05, 4.69) is 197 Å². The smallest absolute Gasteiger partial charge is 0.309 e. The maximum atomic E-state index is 13.3. The second kappa shape index (κ2) is 55.8. The normalized spacial score (nSPS) is 31.0. The number of methoxy groups -OCH3 is 4. The van der Waals surface area contributed by atoms with Crippen molar-refractivity contribution < 1.29 is 120 Å². The molecule has 25 nitrogen and oxygen atoms in total. The number of esters is 5. The molecule has 0 bridgehead atoms. The van der Waals surface area contributed by atoms with E-state index in [1.54, 1.807) is 59.7 Å². The number of benzene rings is 2. The standard InChI is InChI=1S/C32H49IO6Si.C30H45IO6Si.C18H27IO6.C16H25IO5.C5H12O2/c1-12-22(3)29(23(4)21-33)37-28(34)20-26(39-40(10,11)31(5,6)7)18-19-32(8)27(13-2)36-30(38-32)24-14-16-25(35-9)17-15-24;1-20-10-15-25-30(6,36-28(34-25)22-11-13-23(33-7)14-12-22)17-16-24(37-38(8,9)29(3,4)5)18-26(32)35-27(20)21(2)19-31;1-11-5-6-15(24-13(3)20)18(4,23)8-7-14(21)9-16(22)25-17(11)12(2)10-19;1-10-4-5-13(19)16(3,21)7-6-12(18)8-14(20)22-15(10)11(2)9-17;1-5(2,6-3)7-4/h12-17,21-22,26-27,29-30H,1-2,18-20H2,3-11H3;10-15,19-20,24-25,27-28H,16-18H2,1-9H3;5-6,10-11,14-15,17,21,23H,7-9H2,1-4H3;4-5,9-10,12-13,15,18-19,21H,6-8H2,1-3H3;1-4H3/b23-21+;15-10+,21-19+;6-5+,12-10+;5-4+,11-9+;/t22-,26-,27+,29-,30?,32-;20-,24-,25+,27-,28?,30-;11-,14-,15+,17-,18-;10-,12-,13+,15-,16-;/m1111./s1. The first-order chi connectivity index (χ1) is 61.1. The van der Waals surface area contributed by atoms with Gasteiger partial charge in [-0.05, 0) is 226 Å². The fraction of sp³-hybridized carbons (Fsp3) is 0.653. The molecule has 0 radical (unpaired) electrons. The Labute approximate surface area is 845 Å². The van der Waals surface area contributed by atoms with Gasteiger partial charge in [0.1, 0.15) is 65.9 Å². The number of halogens is 4. The van der Waals surface area contributed by atoms with Crippen molar-refractivity contribution in [3.05, 3.63) is 160 Å². The second-order valence-corrected chi connectivity index (χ2v) is 51.6. The summed E-state index contributed by atoms with van der Waals surface area (Å²) in [5.41, 5.74) is 1.71. The Bertz CT molecular complexity index is 4160. The van der Waals surface area contributed by atoms with E-state index in [-0.39, 0.29) is 134 Å². The maximum absolute atomic E-state index is 13.3. The molecule has 31 heteroatoms. The molecule has 2 aromatic carbocycles. The Kier molecular flexibility index (Phi) is 51.6. The van der Waals surface area contributed by atoms with Crippen LogP contribution in [0, 0.1) is 23.7 Å². The molecule has 0 aliphatic carbocycles. The molecule has 0 spiro atoms. The van der Waals surface area contributed by atoms with Crippen molar-refractivity contribution in [3.63, 3.8) is 0 Å².